The zero-order valence-corrected chi connectivity index (χ0v) is 45.0. The van der Waals surface area contributed by atoms with Gasteiger partial charge in [0, 0.05) is 16.5 Å². The number of carboxylic acid groups (broad SMARTS) is 1. The van der Waals surface area contributed by atoms with Crippen molar-refractivity contribution in [1.29, 1.82) is 0 Å². The minimum Gasteiger partial charge on any atom is -0.481 e. The summed E-state index contributed by atoms with van der Waals surface area (Å²) >= 11 is 12.2. The molecule has 1 amide bonds. The first-order chi connectivity index (χ1) is 38.3. The first-order valence-electron chi connectivity index (χ1n) is 26.2. The number of ether oxygens (including phenoxy) is 2. The normalized spacial score (nSPS) is 14.8. The third-order valence-corrected chi connectivity index (χ3v) is 14.8. The number of nitrogens with zero attached hydrogens (tertiary/aromatic N) is 6. The van der Waals surface area contributed by atoms with Crippen LogP contribution < -0.4 is 11.1 Å². The van der Waals surface area contributed by atoms with Gasteiger partial charge in [0.2, 0.25) is 5.91 Å². The van der Waals surface area contributed by atoms with Gasteiger partial charge in [-0.15, -0.1) is 20.4 Å². The summed E-state index contributed by atoms with van der Waals surface area (Å²) in [7, 11) is 0. The van der Waals surface area contributed by atoms with Crippen molar-refractivity contribution >= 4 is 47.0 Å². The second-order valence-corrected chi connectivity index (χ2v) is 20.8. The Labute approximate surface area is 468 Å². The monoisotopic (exact) mass is 1100 g/mol. The van der Waals surface area contributed by atoms with Gasteiger partial charge in [0.1, 0.15) is 13.2 Å². The molecule has 6 N–H and O–H groups in total. The van der Waals surface area contributed by atoms with Crippen LogP contribution >= 0.6 is 23.2 Å². The lowest BCUT2D eigenvalue weighted by Gasteiger charge is -2.29. The number of carboxylic acids is 1. The molecular formula is C60H62Cl2N10O7. The van der Waals surface area contributed by atoms with Crippen molar-refractivity contribution in [1.82, 2.24) is 46.6 Å². The van der Waals surface area contributed by atoms with E-state index in [0.717, 1.165) is 75.2 Å². The molecule has 8 aromatic rings. The van der Waals surface area contributed by atoms with Gasteiger partial charge in [-0.25, -0.2) is 0 Å². The molecule has 6 aromatic carbocycles. The summed E-state index contributed by atoms with van der Waals surface area (Å²) in [6, 6.07) is 49.9. The number of esters is 2. The molecular weight excluding hydrogens is 1040 g/mol. The molecule has 0 aliphatic heterocycles. The van der Waals surface area contributed by atoms with E-state index in [0.29, 0.717) is 55.2 Å². The van der Waals surface area contributed by atoms with Gasteiger partial charge in [-0.05, 0) is 101 Å². The average molecular weight is 1110 g/mol. The molecule has 2 saturated carbocycles. The van der Waals surface area contributed by atoms with Gasteiger partial charge in [-0.3, -0.25) is 19.2 Å². The molecule has 0 saturated heterocycles. The van der Waals surface area contributed by atoms with Gasteiger partial charge in [0.25, 0.3) is 0 Å². The fraction of sp³-hybridized carbons (Fsp3) is 0.300. The molecule has 2 fully saturated rings. The zero-order valence-electron chi connectivity index (χ0n) is 43.5. The average Bonchev–Trinajstić information content (AvgIpc) is 4.38. The smallest absolute Gasteiger partial charge is 0.310 e. The molecule has 2 aliphatic rings. The number of amides is 1. The van der Waals surface area contributed by atoms with E-state index in [1.165, 1.54) is 0 Å². The Morgan fingerprint density at radius 1 is 0.544 bits per heavy atom. The van der Waals surface area contributed by atoms with Crippen LogP contribution in [0.25, 0.3) is 22.3 Å². The van der Waals surface area contributed by atoms with Crippen molar-refractivity contribution in [3.63, 3.8) is 0 Å². The van der Waals surface area contributed by atoms with E-state index < -0.39 is 28.8 Å². The quantitative estimate of drug-likeness (QED) is 0.0472. The third-order valence-electron chi connectivity index (χ3n) is 14.3. The summed E-state index contributed by atoms with van der Waals surface area (Å²) in [5.41, 5.74) is 12.6. The number of halogens is 2. The number of aromatic nitrogens is 8. The highest BCUT2D eigenvalue weighted by molar-refractivity contribution is 6.31. The maximum absolute atomic E-state index is 13.7. The topological polar surface area (TPSA) is 254 Å². The minimum atomic E-state index is -0.895. The number of benzene rings is 6. The van der Waals surface area contributed by atoms with Gasteiger partial charge in [-0.1, -0.05) is 193 Å². The molecule has 79 heavy (non-hydrogen) atoms. The number of hydrogen-bond acceptors (Lipinski definition) is 13. The first-order valence-corrected chi connectivity index (χ1v) is 27.0. The SMILES string of the molecule is N[C@@H](Cc1ccc(-c2cccc(Cl)c2)cc1)c1nn[nH]n1.O=C(CC1(C(=O)N[C@@H](Cc2ccc(-c3cccc(Cl)c3)cc2)c2nn[nH]n2)CCCC1)OCc1ccccc1.O=C(CC1(C(=O)O)CCCC1)OCc1ccccc1. The van der Waals surface area contributed by atoms with Crippen LogP contribution in [-0.4, -0.2) is 70.2 Å². The summed E-state index contributed by atoms with van der Waals surface area (Å²) in [5.74, 6) is -0.934. The number of tetrazole rings is 2. The Bertz CT molecular complexity index is 3190. The van der Waals surface area contributed by atoms with E-state index in [1.54, 1.807) is 0 Å². The maximum atomic E-state index is 13.7. The highest BCUT2D eigenvalue weighted by Gasteiger charge is 2.45. The fourth-order valence-electron chi connectivity index (χ4n) is 9.93. The number of rotatable bonds is 19. The molecule has 0 unspecified atom stereocenters. The Balaban J connectivity index is 0.000000172. The molecule has 19 heteroatoms. The molecule has 0 radical (unpaired) electrons. The van der Waals surface area contributed by atoms with Crippen molar-refractivity contribution in [2.24, 2.45) is 16.6 Å². The Hall–Kier alpha value is -8.12. The highest BCUT2D eigenvalue weighted by Crippen LogP contribution is 2.43. The van der Waals surface area contributed by atoms with Crippen LogP contribution in [0, 0.1) is 10.8 Å². The van der Waals surface area contributed by atoms with Crippen molar-refractivity contribution in [3.05, 3.63) is 202 Å². The predicted molar refractivity (Wildman–Crippen MR) is 298 cm³/mol. The Morgan fingerprint density at radius 3 is 1.43 bits per heavy atom. The highest BCUT2D eigenvalue weighted by atomic mass is 35.5. The van der Waals surface area contributed by atoms with Crippen LogP contribution in [0.15, 0.2) is 158 Å². The van der Waals surface area contributed by atoms with Crippen molar-refractivity contribution in [2.75, 3.05) is 0 Å². The van der Waals surface area contributed by atoms with E-state index in [-0.39, 0.29) is 44.0 Å². The summed E-state index contributed by atoms with van der Waals surface area (Å²) in [5, 5.41) is 42.0. The molecule has 2 aromatic heterocycles. The Morgan fingerprint density at radius 2 is 0.987 bits per heavy atom. The van der Waals surface area contributed by atoms with Crippen LogP contribution in [0.4, 0.5) is 0 Å². The molecule has 2 aliphatic carbocycles. The largest absolute Gasteiger partial charge is 0.481 e. The number of carbonyl (C=O) groups is 4. The number of carbonyl (C=O) groups excluding carboxylic acids is 3. The Kier molecular flexibility index (Phi) is 20.2. The third kappa shape index (κ3) is 16.5. The van der Waals surface area contributed by atoms with Crippen LogP contribution in [0.2, 0.25) is 10.0 Å². The van der Waals surface area contributed by atoms with Gasteiger partial charge < -0.3 is 25.6 Å². The summed E-state index contributed by atoms with van der Waals surface area (Å²) in [6.45, 7) is 0.392. The molecule has 0 bridgehead atoms. The van der Waals surface area contributed by atoms with E-state index in [9.17, 15) is 24.3 Å². The summed E-state index contributed by atoms with van der Waals surface area (Å²) in [4.78, 5) is 49.7. The van der Waals surface area contributed by atoms with Crippen molar-refractivity contribution in [3.8, 4) is 22.3 Å². The van der Waals surface area contributed by atoms with E-state index >= 15 is 0 Å². The van der Waals surface area contributed by atoms with Crippen LogP contribution in [-0.2, 0) is 54.7 Å². The lowest BCUT2D eigenvalue weighted by Crippen LogP contribution is -2.43. The lowest BCUT2D eigenvalue weighted by molar-refractivity contribution is -0.158. The molecule has 17 nitrogen and oxygen atoms in total. The second-order valence-electron chi connectivity index (χ2n) is 19.9. The molecule has 408 valence electrons. The van der Waals surface area contributed by atoms with Crippen LogP contribution in [0.3, 0.4) is 0 Å². The lowest BCUT2D eigenvalue weighted by atomic mass is 9.81. The van der Waals surface area contributed by atoms with Gasteiger partial charge >= 0.3 is 17.9 Å². The maximum Gasteiger partial charge on any atom is 0.310 e. The summed E-state index contributed by atoms with van der Waals surface area (Å²) < 4.78 is 10.7. The van der Waals surface area contributed by atoms with Crippen molar-refractivity contribution < 1.29 is 33.8 Å². The van der Waals surface area contributed by atoms with Gasteiger partial charge in [0.15, 0.2) is 11.6 Å². The molecule has 2 atom stereocenters. The fourth-order valence-corrected chi connectivity index (χ4v) is 10.3. The van der Waals surface area contributed by atoms with Gasteiger partial charge in [-0.2, -0.15) is 10.4 Å². The van der Waals surface area contributed by atoms with Crippen LogP contribution in [0.1, 0.15) is 110 Å². The summed E-state index contributed by atoms with van der Waals surface area (Å²) in [6.07, 6.45) is 7.08. The number of nitrogens with two attached hydrogens (primary N) is 1. The molecule has 0 spiro atoms. The van der Waals surface area contributed by atoms with Gasteiger partial charge in [0.05, 0.1) is 35.8 Å². The standard InChI is InChI=1S/C30H30ClN5O3.C15H14ClN5.C15H18O4/c31-25-10-6-9-24(18-25)23-13-11-21(12-14-23)17-26(28-33-35-36-34-28)32-29(38)30(15-4-5-16-30)19-27(37)39-20-22-7-2-1-3-8-22;16-13-3-1-2-12(9-13)11-6-4-10(5-7-11)8-14(17)15-18-20-21-19-15;16-13(19-11-12-6-2-1-3-7-12)10-15(14(17)18)8-4-5-9-15/h1-3,6-14,18,26H,4-5,15-17,19-20H2,(H,32,38)(H,33,34,35,36);1-7,9,14H,8,17H2,(H,18,19,20,21);1-3,6-7H,4-5,8-11H2,(H,17,18)/t26-;14-;/m00./s1. The molecule has 10 rings (SSSR count). The number of aliphatic carboxylic acids is 1. The number of hydrogen-bond donors (Lipinski definition) is 5. The van der Waals surface area contributed by atoms with Crippen molar-refractivity contribution in [2.45, 2.75) is 102 Å². The zero-order chi connectivity index (χ0) is 55.5. The van der Waals surface area contributed by atoms with E-state index in [4.69, 9.17) is 38.4 Å². The minimum absolute atomic E-state index is 0.0187. The first kappa shape index (κ1) is 57.1. The van der Waals surface area contributed by atoms with E-state index in [1.807, 2.05) is 133 Å². The van der Waals surface area contributed by atoms with Crippen LogP contribution in [0.5, 0.6) is 0 Å². The second kappa shape index (κ2) is 28.0. The van der Waals surface area contributed by atoms with E-state index in [2.05, 4.69) is 70.8 Å². The predicted octanol–water partition coefficient (Wildman–Crippen LogP) is 11.1. The molecule has 2 heterocycles. The number of nitrogens with one attached hydrogen (secondary N) is 3. The number of H-pyrrole nitrogens is 2. The number of aromatic amines is 2.